The van der Waals surface area contributed by atoms with Crippen molar-refractivity contribution >= 4 is 5.91 Å². The summed E-state index contributed by atoms with van der Waals surface area (Å²) < 4.78 is 7.07. The summed E-state index contributed by atoms with van der Waals surface area (Å²) in [4.78, 5) is 14.6. The second-order valence-electron chi connectivity index (χ2n) is 15.4. The largest absolute Gasteiger partial charge is 0.357 e. The Morgan fingerprint density at radius 3 is 2.49 bits per heavy atom. The Morgan fingerprint density at radius 2 is 1.76 bits per heavy atom. The van der Waals surface area contributed by atoms with Crippen LogP contribution in [0.1, 0.15) is 98.3 Å². The molecule has 0 radical (unpaired) electrons. The van der Waals surface area contributed by atoms with Crippen molar-refractivity contribution in [2.24, 2.45) is 52.3 Å². The minimum Gasteiger partial charge on any atom is -0.357 e. The zero-order chi connectivity index (χ0) is 26.2. The Labute approximate surface area is 226 Å². The van der Waals surface area contributed by atoms with Gasteiger partial charge in [0, 0.05) is 31.5 Å². The number of nitrogens with zero attached hydrogens (tertiary/aromatic N) is 1. The Morgan fingerprint density at radius 1 is 0.973 bits per heavy atom. The average molecular weight is 514 g/mol. The van der Waals surface area contributed by atoms with Gasteiger partial charge in [0.25, 0.3) is 0 Å². The minimum atomic E-state index is -0.0499. The number of carbonyl (C=O) groups is 1. The molecule has 6 aliphatic rings. The third-order valence-electron chi connectivity index (χ3n) is 13.3. The fraction of sp³-hybridized carbons (Fsp3) is 0.969. The highest BCUT2D eigenvalue weighted by molar-refractivity contribution is 5.76. The zero-order valence-electron chi connectivity index (χ0n) is 24.7. The van der Waals surface area contributed by atoms with E-state index in [-0.39, 0.29) is 11.6 Å². The molecule has 37 heavy (non-hydrogen) atoms. The number of piperidine rings is 1. The van der Waals surface area contributed by atoms with Crippen LogP contribution < -0.4 is 10.6 Å². The Balaban J connectivity index is 1.13. The van der Waals surface area contributed by atoms with Crippen LogP contribution in [0.4, 0.5) is 0 Å². The molecule has 0 bridgehead atoms. The van der Waals surface area contributed by atoms with Crippen molar-refractivity contribution in [3.8, 4) is 0 Å². The summed E-state index contributed by atoms with van der Waals surface area (Å²) in [6.45, 7) is 12.2. The maximum absolute atomic E-state index is 12.5. The number of amides is 1. The summed E-state index contributed by atoms with van der Waals surface area (Å²) in [7, 11) is 4.09. The number of ether oxygens (including phenoxy) is 1. The maximum atomic E-state index is 12.5. The van der Waals surface area contributed by atoms with Gasteiger partial charge in [0.05, 0.1) is 6.10 Å². The Bertz CT molecular complexity index is 868. The van der Waals surface area contributed by atoms with Crippen LogP contribution in [0.15, 0.2) is 0 Å². The SMILES string of the molecule is C[C@@H]1CC[C@@]2(NC1)O[C@H]1C[C@H]3[C@@H]4CC[C@H]5CC(NC(=O)CCN(C)C)CC[C@]5(C)[C@H]4CC[C@]3(C)[C@H]1[C@@H]2C. The standard InChI is InChI=1S/C32H55N3O2/c1-20-9-15-32(33-19-20)21(2)29-27(37-32)18-26-24-8-7-22-17-23(34-28(36)12-16-35(5)6)10-13-30(22,3)25(24)11-14-31(26,29)4/h20-27,29,33H,7-19H2,1-6H3,(H,34,36)/t20-,21+,22+,23?,24-,25+,26+,27+,29+,30+,31+,32-/m1/s1. The topological polar surface area (TPSA) is 53.6 Å². The lowest BCUT2D eigenvalue weighted by Crippen LogP contribution is -2.58. The predicted molar refractivity (Wildman–Crippen MR) is 149 cm³/mol. The molecular formula is C32H55N3O2. The molecule has 0 aromatic rings. The van der Waals surface area contributed by atoms with Crippen LogP contribution in [0.5, 0.6) is 0 Å². The van der Waals surface area contributed by atoms with Gasteiger partial charge in [-0.2, -0.15) is 0 Å². The number of nitrogens with one attached hydrogen (secondary N) is 2. The normalized spacial score (nSPS) is 52.9. The summed E-state index contributed by atoms with van der Waals surface area (Å²) in [5.41, 5.74) is 0.855. The van der Waals surface area contributed by atoms with E-state index in [1.165, 1.54) is 64.2 Å². The van der Waals surface area contributed by atoms with Crippen molar-refractivity contribution in [3.05, 3.63) is 0 Å². The fourth-order valence-corrected chi connectivity index (χ4v) is 11.2. The molecule has 4 aliphatic carbocycles. The quantitative estimate of drug-likeness (QED) is 0.525. The molecule has 12 atom stereocenters. The first kappa shape index (κ1) is 26.6. The second kappa shape index (κ2) is 9.47. The highest BCUT2D eigenvalue weighted by Gasteiger charge is 2.68. The van der Waals surface area contributed by atoms with Crippen LogP contribution in [-0.4, -0.2) is 55.9 Å². The predicted octanol–water partition coefficient (Wildman–Crippen LogP) is 5.44. The van der Waals surface area contributed by atoms with E-state index in [1.54, 1.807) is 0 Å². The molecule has 0 aromatic heterocycles. The first-order valence-corrected chi connectivity index (χ1v) is 15.9. The van der Waals surface area contributed by atoms with Crippen molar-refractivity contribution in [2.75, 3.05) is 27.2 Å². The first-order chi connectivity index (χ1) is 17.6. The van der Waals surface area contributed by atoms with Crippen LogP contribution in [0.3, 0.4) is 0 Å². The van der Waals surface area contributed by atoms with Gasteiger partial charge in [0.1, 0.15) is 5.72 Å². The number of hydrogen-bond acceptors (Lipinski definition) is 4. The smallest absolute Gasteiger partial charge is 0.221 e. The highest BCUT2D eigenvalue weighted by atomic mass is 16.5. The van der Waals surface area contributed by atoms with Gasteiger partial charge >= 0.3 is 0 Å². The lowest BCUT2D eigenvalue weighted by molar-refractivity contribution is -0.136. The van der Waals surface area contributed by atoms with E-state index in [0.29, 0.717) is 35.3 Å². The van der Waals surface area contributed by atoms with E-state index < -0.39 is 0 Å². The van der Waals surface area contributed by atoms with Crippen molar-refractivity contribution in [3.63, 3.8) is 0 Å². The van der Waals surface area contributed by atoms with Gasteiger partial charge in [-0.1, -0.05) is 27.7 Å². The number of rotatable bonds is 4. The molecule has 1 amide bonds. The van der Waals surface area contributed by atoms with Crippen molar-refractivity contribution in [2.45, 2.75) is 116 Å². The lowest BCUT2D eigenvalue weighted by Gasteiger charge is -2.61. The van der Waals surface area contributed by atoms with Crippen molar-refractivity contribution in [1.29, 1.82) is 0 Å². The third kappa shape index (κ3) is 4.24. The van der Waals surface area contributed by atoms with Gasteiger partial charge < -0.3 is 15.0 Å². The van der Waals surface area contributed by atoms with Gasteiger partial charge in [-0.15, -0.1) is 0 Å². The van der Waals surface area contributed by atoms with E-state index in [0.717, 1.165) is 48.6 Å². The van der Waals surface area contributed by atoms with E-state index in [2.05, 4.69) is 43.2 Å². The van der Waals surface area contributed by atoms with Crippen LogP contribution in [0.2, 0.25) is 0 Å². The molecule has 6 fully saturated rings. The van der Waals surface area contributed by atoms with Gasteiger partial charge in [-0.3, -0.25) is 10.1 Å². The molecule has 210 valence electrons. The summed E-state index contributed by atoms with van der Waals surface area (Å²) in [5, 5.41) is 7.33. The van der Waals surface area contributed by atoms with E-state index >= 15 is 0 Å². The van der Waals surface area contributed by atoms with E-state index in [4.69, 9.17) is 4.74 Å². The Hall–Kier alpha value is -0.650. The molecule has 1 unspecified atom stereocenters. The van der Waals surface area contributed by atoms with Gasteiger partial charge in [-0.05, 0) is 125 Å². The van der Waals surface area contributed by atoms with E-state index in [9.17, 15) is 4.79 Å². The highest BCUT2D eigenvalue weighted by Crippen LogP contribution is 2.71. The summed E-state index contributed by atoms with van der Waals surface area (Å²) >= 11 is 0. The summed E-state index contributed by atoms with van der Waals surface area (Å²) in [6.07, 6.45) is 14.1. The molecule has 2 heterocycles. The van der Waals surface area contributed by atoms with Crippen LogP contribution >= 0.6 is 0 Å². The van der Waals surface area contributed by atoms with Gasteiger partial charge in [0.15, 0.2) is 0 Å². The average Bonchev–Trinajstić information content (AvgIpc) is 3.30. The molecule has 6 rings (SSSR count). The number of carbonyl (C=O) groups excluding carboxylic acids is 1. The number of hydrogen-bond donors (Lipinski definition) is 2. The molecule has 4 saturated carbocycles. The monoisotopic (exact) mass is 513 g/mol. The molecule has 0 aromatic carbocycles. The Kier molecular flexibility index (Phi) is 6.80. The van der Waals surface area contributed by atoms with Crippen LogP contribution in [0, 0.1) is 52.3 Å². The molecule has 2 saturated heterocycles. The first-order valence-electron chi connectivity index (χ1n) is 15.9. The van der Waals surface area contributed by atoms with Crippen molar-refractivity contribution < 1.29 is 9.53 Å². The third-order valence-corrected chi connectivity index (χ3v) is 13.3. The lowest BCUT2D eigenvalue weighted by atomic mass is 9.44. The van der Waals surface area contributed by atoms with Gasteiger partial charge in [-0.25, -0.2) is 0 Å². The summed E-state index contributed by atoms with van der Waals surface area (Å²) in [5.74, 6) is 5.72. The minimum absolute atomic E-state index is 0.0499. The molecule has 1 spiro atoms. The zero-order valence-corrected chi connectivity index (χ0v) is 24.7. The van der Waals surface area contributed by atoms with E-state index in [1.807, 2.05) is 14.1 Å². The molecule has 2 N–H and O–H groups in total. The van der Waals surface area contributed by atoms with Crippen LogP contribution in [-0.2, 0) is 9.53 Å². The number of fused-ring (bicyclic) bond motifs is 7. The molecular weight excluding hydrogens is 458 g/mol. The maximum Gasteiger partial charge on any atom is 0.221 e. The van der Waals surface area contributed by atoms with Crippen molar-refractivity contribution in [1.82, 2.24) is 15.5 Å². The van der Waals surface area contributed by atoms with Gasteiger partial charge in [0.2, 0.25) is 5.91 Å². The molecule has 2 aliphatic heterocycles. The fourth-order valence-electron chi connectivity index (χ4n) is 11.2. The molecule has 5 heteroatoms. The van der Waals surface area contributed by atoms with Crippen LogP contribution in [0.25, 0.3) is 0 Å². The second-order valence-corrected chi connectivity index (χ2v) is 15.4. The summed E-state index contributed by atoms with van der Waals surface area (Å²) in [6, 6.07) is 0.389. The molecule has 5 nitrogen and oxygen atoms in total.